The Morgan fingerprint density at radius 1 is 1.91 bits per heavy atom. The van der Waals surface area contributed by atoms with Crippen LogP contribution in [0, 0.1) is 0 Å². The van der Waals surface area contributed by atoms with Crippen LogP contribution in [0.15, 0.2) is 10.7 Å². The number of thioether (sulfide) groups is 1. The van der Waals surface area contributed by atoms with Crippen molar-refractivity contribution in [3.05, 3.63) is 10.7 Å². The first-order valence-electron chi connectivity index (χ1n) is 2.65. The summed E-state index contributed by atoms with van der Waals surface area (Å²) in [7, 11) is 0. The van der Waals surface area contributed by atoms with Gasteiger partial charge in [0.05, 0.1) is 0 Å². The van der Waals surface area contributed by atoms with Gasteiger partial charge in [0, 0.05) is 5.75 Å². The van der Waals surface area contributed by atoms with Gasteiger partial charge in [0.25, 0.3) is 0 Å². The van der Waals surface area contributed by atoms with E-state index < -0.39 is 12.0 Å². The fourth-order valence-corrected chi connectivity index (χ4v) is 1.01. The molecule has 6 heteroatoms. The smallest absolute Gasteiger partial charge is 0.321 e. The van der Waals surface area contributed by atoms with Gasteiger partial charge in [-0.25, -0.2) is 4.39 Å². The van der Waals surface area contributed by atoms with Crippen molar-refractivity contribution in [3.63, 3.8) is 0 Å². The Hall–Kier alpha value is -0.260. The Morgan fingerprint density at radius 2 is 2.45 bits per heavy atom. The van der Waals surface area contributed by atoms with Gasteiger partial charge in [-0.1, -0.05) is 11.6 Å². The van der Waals surface area contributed by atoms with Crippen LogP contribution in [0.25, 0.3) is 0 Å². The summed E-state index contributed by atoms with van der Waals surface area (Å²) in [6.45, 7) is 0. The van der Waals surface area contributed by atoms with Crippen molar-refractivity contribution < 1.29 is 14.3 Å². The van der Waals surface area contributed by atoms with E-state index in [0.717, 1.165) is 11.8 Å². The van der Waals surface area contributed by atoms with E-state index in [1.807, 2.05) is 0 Å². The maximum Gasteiger partial charge on any atom is 0.321 e. The highest BCUT2D eigenvalue weighted by Gasteiger charge is 2.11. The molecule has 11 heavy (non-hydrogen) atoms. The molecule has 64 valence electrons. The van der Waals surface area contributed by atoms with Gasteiger partial charge in [-0.3, -0.25) is 4.79 Å². The Kier molecular flexibility index (Phi) is 5.27. The summed E-state index contributed by atoms with van der Waals surface area (Å²) in [4.78, 5) is 10.1. The maximum atomic E-state index is 11.5. The number of carboxylic acid groups (broad SMARTS) is 1. The number of carbonyl (C=O) groups is 1. The van der Waals surface area contributed by atoms with Crippen LogP contribution in [-0.2, 0) is 4.79 Å². The molecule has 0 fully saturated rings. The molecule has 0 rings (SSSR count). The average molecular weight is 200 g/mol. The van der Waals surface area contributed by atoms with Gasteiger partial charge >= 0.3 is 5.97 Å². The van der Waals surface area contributed by atoms with E-state index in [-0.39, 0.29) is 16.4 Å². The molecule has 0 aliphatic rings. The third-order valence-electron chi connectivity index (χ3n) is 0.804. The average Bonchev–Trinajstić information content (AvgIpc) is 1.99. The fraction of sp³-hybridized carbons (Fsp3) is 0.400. The molecule has 1 atom stereocenters. The molecule has 0 amide bonds. The number of halogens is 2. The Labute approximate surface area is 72.4 Å². The molecule has 0 saturated heterocycles. The normalized spacial score (nSPS) is 14.6. The molecule has 3 N–H and O–H groups in total. The fourth-order valence-electron chi connectivity index (χ4n) is 0.272. The molecule has 0 bridgehead atoms. The zero-order valence-corrected chi connectivity index (χ0v) is 7.03. The standard InChI is InChI=1S/C5H7ClFNO2S/c6-4(1-7)11-2-3(8)5(9)10/h1,3H,2,8H2,(H,9,10)/b4-1-/t3-/m0/s1. The van der Waals surface area contributed by atoms with E-state index >= 15 is 0 Å². The summed E-state index contributed by atoms with van der Waals surface area (Å²) >= 11 is 6.07. The molecular weight excluding hydrogens is 193 g/mol. The van der Waals surface area contributed by atoms with Gasteiger partial charge < -0.3 is 10.8 Å². The quantitative estimate of drug-likeness (QED) is 0.713. The first-order valence-corrected chi connectivity index (χ1v) is 4.01. The van der Waals surface area contributed by atoms with Crippen LogP contribution in [0.1, 0.15) is 0 Å². The van der Waals surface area contributed by atoms with Crippen LogP contribution in [0.3, 0.4) is 0 Å². The zero-order valence-electron chi connectivity index (χ0n) is 5.46. The van der Waals surface area contributed by atoms with Gasteiger partial charge in [-0.05, 0) is 0 Å². The van der Waals surface area contributed by atoms with Crippen molar-refractivity contribution in [1.29, 1.82) is 0 Å². The van der Waals surface area contributed by atoms with Crippen LogP contribution in [0.4, 0.5) is 4.39 Å². The highest BCUT2D eigenvalue weighted by Crippen LogP contribution is 2.20. The molecule has 0 aromatic rings. The molecule has 0 radical (unpaired) electrons. The zero-order chi connectivity index (χ0) is 8.85. The van der Waals surface area contributed by atoms with Crippen molar-refractivity contribution in [2.75, 3.05) is 5.75 Å². The van der Waals surface area contributed by atoms with Crippen LogP contribution >= 0.6 is 23.4 Å². The lowest BCUT2D eigenvalue weighted by atomic mass is 10.4. The molecule has 0 aromatic carbocycles. The van der Waals surface area contributed by atoms with Gasteiger partial charge in [-0.15, -0.1) is 11.8 Å². The predicted octanol–water partition coefficient (Wildman–Crippen LogP) is 1.14. The largest absolute Gasteiger partial charge is 0.480 e. The third-order valence-corrected chi connectivity index (χ3v) is 2.10. The van der Waals surface area contributed by atoms with E-state index in [1.54, 1.807) is 0 Å². The summed E-state index contributed by atoms with van der Waals surface area (Å²) in [5.74, 6) is -1.06. The number of rotatable bonds is 4. The Morgan fingerprint density at radius 3 is 2.82 bits per heavy atom. The van der Waals surface area contributed by atoms with E-state index in [0.29, 0.717) is 0 Å². The highest BCUT2D eigenvalue weighted by atomic mass is 35.5. The highest BCUT2D eigenvalue weighted by molar-refractivity contribution is 8.04. The summed E-state index contributed by atoms with van der Waals surface area (Å²) in [6, 6.07) is -1.01. The van der Waals surface area contributed by atoms with Gasteiger partial charge in [-0.2, -0.15) is 0 Å². The van der Waals surface area contributed by atoms with Gasteiger partial charge in [0.15, 0.2) is 0 Å². The summed E-state index contributed by atoms with van der Waals surface area (Å²) in [5.41, 5.74) is 5.09. The van der Waals surface area contributed by atoms with E-state index in [1.165, 1.54) is 0 Å². The van der Waals surface area contributed by atoms with Crippen molar-refractivity contribution >= 4 is 29.3 Å². The minimum atomic E-state index is -1.12. The number of aliphatic carboxylic acids is 1. The van der Waals surface area contributed by atoms with Crippen molar-refractivity contribution in [2.45, 2.75) is 6.04 Å². The first kappa shape index (κ1) is 10.7. The predicted molar refractivity (Wildman–Crippen MR) is 43.1 cm³/mol. The number of hydrogen-bond acceptors (Lipinski definition) is 3. The summed E-state index contributed by atoms with van der Waals surface area (Å²) in [5, 5.41) is 8.27. The number of carboxylic acids is 1. The second kappa shape index (κ2) is 5.40. The van der Waals surface area contributed by atoms with Crippen molar-refractivity contribution in [1.82, 2.24) is 0 Å². The topological polar surface area (TPSA) is 63.3 Å². The summed E-state index contributed by atoms with van der Waals surface area (Å²) < 4.78 is 11.4. The van der Waals surface area contributed by atoms with Crippen LogP contribution in [0.2, 0.25) is 0 Å². The lowest BCUT2D eigenvalue weighted by Gasteiger charge is -2.02. The molecule has 0 unspecified atom stereocenters. The number of nitrogens with two attached hydrogens (primary N) is 1. The van der Waals surface area contributed by atoms with E-state index in [2.05, 4.69) is 0 Å². The van der Waals surface area contributed by atoms with Gasteiger partial charge in [0.2, 0.25) is 0 Å². The first-order chi connectivity index (χ1) is 5.07. The molecule has 0 aliphatic carbocycles. The van der Waals surface area contributed by atoms with Crippen molar-refractivity contribution in [3.8, 4) is 0 Å². The second-order valence-electron chi connectivity index (χ2n) is 1.67. The van der Waals surface area contributed by atoms with Crippen LogP contribution < -0.4 is 5.73 Å². The second-order valence-corrected chi connectivity index (χ2v) is 3.36. The van der Waals surface area contributed by atoms with Crippen molar-refractivity contribution in [2.24, 2.45) is 5.73 Å². The van der Waals surface area contributed by atoms with Gasteiger partial charge in [0.1, 0.15) is 16.7 Å². The minimum Gasteiger partial charge on any atom is -0.480 e. The molecule has 0 heterocycles. The molecule has 3 nitrogen and oxygen atoms in total. The lowest BCUT2D eigenvalue weighted by Crippen LogP contribution is -2.32. The monoisotopic (exact) mass is 199 g/mol. The molecular formula is C5H7ClFNO2S. The minimum absolute atomic E-state index is 0.0641. The Balaban J connectivity index is 3.62. The number of hydrogen-bond donors (Lipinski definition) is 2. The summed E-state index contributed by atoms with van der Waals surface area (Å²) in [6.07, 6.45) is 0.195. The van der Waals surface area contributed by atoms with E-state index in [4.69, 9.17) is 22.4 Å². The SMILES string of the molecule is N[C@@H](CS/C(Cl)=C\F)C(=O)O. The molecule has 0 spiro atoms. The lowest BCUT2D eigenvalue weighted by molar-refractivity contribution is -0.137. The van der Waals surface area contributed by atoms with Crippen LogP contribution in [-0.4, -0.2) is 22.9 Å². The molecule has 0 aliphatic heterocycles. The van der Waals surface area contributed by atoms with E-state index in [9.17, 15) is 9.18 Å². The van der Waals surface area contributed by atoms with Crippen LogP contribution in [0.5, 0.6) is 0 Å². The third kappa shape index (κ3) is 5.06. The molecule has 0 aromatic heterocycles. The maximum absolute atomic E-state index is 11.5. The Bertz CT molecular complexity index is 176. The molecule has 0 saturated carbocycles.